The topological polar surface area (TPSA) is 0 Å². The predicted octanol–water partition coefficient (Wildman–Crippen LogP) is 10.0. The molecule has 0 N–H and O–H groups in total. The number of rotatable bonds is 4. The van der Waals surface area contributed by atoms with Crippen molar-refractivity contribution in [3.63, 3.8) is 0 Å². The summed E-state index contributed by atoms with van der Waals surface area (Å²) >= 11 is 0. The highest BCUT2D eigenvalue weighted by Gasteiger charge is 2.53. The second-order valence-electron chi connectivity index (χ2n) is 8.73. The molecule has 1 atom stereocenters. The molecule has 44 heavy (non-hydrogen) atoms. The van der Waals surface area contributed by atoms with Crippen molar-refractivity contribution in [1.29, 1.82) is 0 Å². The first kappa shape index (κ1) is 32.9. The fourth-order valence-corrected chi connectivity index (χ4v) is 8.73. The fraction of sp³-hybridized carbons (Fsp3) is 0.0769. The van der Waals surface area contributed by atoms with Crippen molar-refractivity contribution in [2.75, 3.05) is 0 Å². The van der Waals surface area contributed by atoms with Crippen molar-refractivity contribution < 1.29 is 74.6 Å². The van der Waals surface area contributed by atoms with Crippen LogP contribution in [-0.2, 0) is 0 Å². The Bertz CT molecular complexity index is 1640. The lowest BCUT2D eigenvalue weighted by Gasteiger charge is -2.43. The van der Waals surface area contributed by atoms with E-state index in [4.69, 9.17) is 0 Å². The average molecular weight is 674 g/mol. The minimum atomic E-state index is -6.79. The van der Waals surface area contributed by atoms with Crippen LogP contribution in [0.4, 0.5) is 74.6 Å². The van der Waals surface area contributed by atoms with Crippen LogP contribution >= 0.6 is 10.0 Å². The van der Waals surface area contributed by atoms with Gasteiger partial charge in [-0.1, -0.05) is 0 Å². The molecule has 0 spiro atoms. The molecule has 0 amide bonds. The minimum absolute atomic E-state index is 0.0536. The van der Waals surface area contributed by atoms with Gasteiger partial charge in [0, 0.05) is 22.1 Å². The van der Waals surface area contributed by atoms with Gasteiger partial charge in [-0.2, -0.15) is 0 Å². The van der Waals surface area contributed by atoms with E-state index in [-0.39, 0.29) is 13.8 Å². The van der Waals surface area contributed by atoms with E-state index in [1.54, 1.807) is 0 Å². The lowest BCUT2D eigenvalue weighted by atomic mass is 10.2. The van der Waals surface area contributed by atoms with Crippen LogP contribution in [0.15, 0.2) is 25.6 Å². The Hall–Kier alpha value is -3.96. The van der Waals surface area contributed by atoms with Gasteiger partial charge in [-0.05, 0) is 13.8 Å². The second-order valence-corrected chi connectivity index (χ2v) is 11.6. The van der Waals surface area contributed by atoms with E-state index in [1.165, 1.54) is 0 Å². The van der Waals surface area contributed by atoms with E-state index in [1.807, 2.05) is 0 Å². The van der Waals surface area contributed by atoms with Gasteiger partial charge in [0.2, 0.25) is 5.82 Å². The highest BCUT2D eigenvalue weighted by molar-refractivity contribution is 8.34. The molecule has 1 unspecified atom stereocenters. The van der Waals surface area contributed by atoms with Crippen LogP contribution in [0, 0.1) is 113 Å². The fourth-order valence-electron chi connectivity index (χ4n) is 4.36. The van der Waals surface area contributed by atoms with Crippen LogP contribution < -0.4 is 0 Å². The average Bonchev–Trinajstić information content (AvgIpc) is 2.98. The highest BCUT2D eigenvalue weighted by Crippen LogP contribution is 2.78. The molecule has 4 rings (SSSR count). The monoisotopic (exact) mass is 674 g/mol. The molecule has 0 aliphatic carbocycles. The first-order valence-corrected chi connectivity index (χ1v) is 12.7. The first-order chi connectivity index (χ1) is 20.3. The number of halogens is 17. The summed E-state index contributed by atoms with van der Waals surface area (Å²) in [6, 6.07) is -0.685. The zero-order chi connectivity index (χ0) is 33.5. The molecule has 0 aliphatic heterocycles. The summed E-state index contributed by atoms with van der Waals surface area (Å²) < 4.78 is 255. The van der Waals surface area contributed by atoms with Gasteiger partial charge in [0.1, 0.15) is 5.82 Å². The SMILES string of the molecule is Cc1c(F)c(F)c(F)c(S(c2c(C)c(F)c(F)c(F)c2F)(c2c(F)c(F)cc(F)c2F)c2c(F)c(F)c(F)c(F)c2F)c1F. The maximum atomic E-state index is 15.9. The summed E-state index contributed by atoms with van der Waals surface area (Å²) in [5.74, 6) is -51.0. The van der Waals surface area contributed by atoms with Crippen LogP contribution in [-0.4, -0.2) is 0 Å². The number of hydrogen-bond donors (Lipinski definition) is 0. The van der Waals surface area contributed by atoms with Crippen molar-refractivity contribution in [2.24, 2.45) is 0 Å². The molecule has 0 nitrogen and oxygen atoms in total. The van der Waals surface area contributed by atoms with Gasteiger partial charge in [-0.25, -0.2) is 74.6 Å². The summed E-state index contributed by atoms with van der Waals surface area (Å²) in [7, 11) is -6.79. The van der Waals surface area contributed by atoms with Crippen LogP contribution in [0.2, 0.25) is 0 Å². The Morgan fingerprint density at radius 2 is 0.568 bits per heavy atom. The standard InChI is InChI=1S/C26H7F17S/c1-4-8(29)14(35)20(41)24(10(4)31)44(25-11(32)6(27)3-7(28)12(25)33,23-5(2)9(30)13(34)16(37)19(23)40)26-21(42)17(38)15(36)18(39)22(26)43/h3H,1-2H3. The van der Waals surface area contributed by atoms with Crippen molar-refractivity contribution in [1.82, 2.24) is 0 Å². The Labute approximate surface area is 234 Å². The molecule has 0 radical (unpaired) electrons. The molecule has 236 valence electrons. The summed E-state index contributed by atoms with van der Waals surface area (Å²) in [5, 5.41) is 0. The zero-order valence-electron chi connectivity index (χ0n) is 20.9. The second kappa shape index (κ2) is 10.9. The third kappa shape index (κ3) is 4.16. The van der Waals surface area contributed by atoms with Gasteiger partial charge >= 0.3 is 0 Å². The lowest BCUT2D eigenvalue weighted by molar-refractivity contribution is 0.357. The van der Waals surface area contributed by atoms with E-state index in [2.05, 4.69) is 0 Å². The molecular formula is C26H7F17S. The minimum Gasteiger partial charge on any atom is -0.205 e. The molecule has 0 saturated heterocycles. The third-order valence-corrected chi connectivity index (χ3v) is 10.4. The molecule has 18 heteroatoms. The molecule has 4 aromatic carbocycles. The Balaban J connectivity index is 2.68. The molecule has 0 heterocycles. The third-order valence-electron chi connectivity index (χ3n) is 6.36. The molecular weight excluding hydrogens is 667 g/mol. The molecule has 0 aromatic heterocycles. The Morgan fingerprint density at radius 1 is 0.295 bits per heavy atom. The first-order valence-electron chi connectivity index (χ1n) is 11.1. The van der Waals surface area contributed by atoms with Crippen molar-refractivity contribution in [3.8, 4) is 0 Å². The maximum absolute atomic E-state index is 15.9. The smallest absolute Gasteiger partial charge is 0.200 e. The van der Waals surface area contributed by atoms with E-state index < -0.39 is 146 Å². The maximum Gasteiger partial charge on any atom is 0.200 e. The van der Waals surface area contributed by atoms with Gasteiger partial charge in [0.15, 0.2) is 87.3 Å². The highest BCUT2D eigenvalue weighted by atomic mass is 32.3. The lowest BCUT2D eigenvalue weighted by Crippen LogP contribution is -2.23. The van der Waals surface area contributed by atoms with Crippen LogP contribution in [0.3, 0.4) is 0 Å². The molecule has 4 aromatic rings. The van der Waals surface area contributed by atoms with Gasteiger partial charge in [-0.15, -0.1) is 10.0 Å². The zero-order valence-corrected chi connectivity index (χ0v) is 21.7. The quantitative estimate of drug-likeness (QED) is 0.115. The molecule has 0 aliphatic rings. The van der Waals surface area contributed by atoms with Gasteiger partial charge < -0.3 is 0 Å². The molecule has 0 fully saturated rings. The van der Waals surface area contributed by atoms with Crippen LogP contribution in [0.5, 0.6) is 0 Å². The van der Waals surface area contributed by atoms with E-state index >= 15 is 30.7 Å². The largest absolute Gasteiger partial charge is 0.205 e. The van der Waals surface area contributed by atoms with E-state index in [0.29, 0.717) is 0 Å². The van der Waals surface area contributed by atoms with Crippen LogP contribution in [0.25, 0.3) is 0 Å². The Morgan fingerprint density at radius 3 is 1.00 bits per heavy atom. The van der Waals surface area contributed by atoms with Crippen molar-refractivity contribution in [2.45, 2.75) is 33.4 Å². The summed E-state index contributed by atoms with van der Waals surface area (Å²) in [6.45, 7) is 0.228. The number of hydrogen-bond acceptors (Lipinski definition) is 0. The summed E-state index contributed by atoms with van der Waals surface area (Å²) in [6.07, 6.45) is 0. The van der Waals surface area contributed by atoms with E-state index in [9.17, 15) is 43.9 Å². The normalized spacial score (nSPS) is 13.8. The van der Waals surface area contributed by atoms with Gasteiger partial charge in [0.05, 0.1) is 14.7 Å². The predicted molar refractivity (Wildman–Crippen MR) is 115 cm³/mol. The van der Waals surface area contributed by atoms with Crippen molar-refractivity contribution in [3.05, 3.63) is 116 Å². The Kier molecular flexibility index (Phi) is 8.15. The molecule has 0 saturated carbocycles. The molecule has 0 bridgehead atoms. The van der Waals surface area contributed by atoms with E-state index in [0.717, 1.165) is 0 Å². The van der Waals surface area contributed by atoms with Gasteiger partial charge in [0.25, 0.3) is 0 Å². The summed E-state index contributed by atoms with van der Waals surface area (Å²) in [4.78, 5) is -11.4. The number of benzene rings is 4. The van der Waals surface area contributed by atoms with Crippen LogP contribution in [0.1, 0.15) is 11.1 Å². The van der Waals surface area contributed by atoms with Crippen molar-refractivity contribution >= 4 is 10.0 Å². The van der Waals surface area contributed by atoms with Gasteiger partial charge in [-0.3, -0.25) is 0 Å². The summed E-state index contributed by atoms with van der Waals surface area (Å²) in [5.41, 5.74) is -3.83.